The molecule has 1 aromatic heterocycles. The van der Waals surface area contributed by atoms with Crippen LogP contribution in [0.15, 0.2) is 24.3 Å². The summed E-state index contributed by atoms with van der Waals surface area (Å²) in [5.74, 6) is 0.823. The molecule has 1 fully saturated rings. The van der Waals surface area contributed by atoms with Crippen LogP contribution in [-0.4, -0.2) is 42.0 Å². The Morgan fingerprint density at radius 2 is 2.07 bits per heavy atom. The molecule has 1 aromatic carbocycles. The summed E-state index contributed by atoms with van der Waals surface area (Å²) < 4.78 is 5.73. The van der Waals surface area contributed by atoms with Crippen LogP contribution in [-0.2, 0) is 6.61 Å². The molecule has 9 heteroatoms. The summed E-state index contributed by atoms with van der Waals surface area (Å²) in [4.78, 5) is 20.1. The van der Waals surface area contributed by atoms with E-state index in [1.807, 2.05) is 31.0 Å². The summed E-state index contributed by atoms with van der Waals surface area (Å²) in [6, 6.07) is 7.48. The lowest BCUT2D eigenvalue weighted by Gasteiger charge is -2.24. The maximum absolute atomic E-state index is 12.9. The van der Waals surface area contributed by atoms with E-state index in [9.17, 15) is 4.79 Å². The molecular weight excluding hydrogens is 429 g/mol. The lowest BCUT2D eigenvalue weighted by molar-refractivity contribution is 0.0741. The minimum atomic E-state index is 0. The van der Waals surface area contributed by atoms with Gasteiger partial charge in [0.2, 0.25) is 0 Å². The highest BCUT2D eigenvalue weighted by Gasteiger charge is 2.31. The van der Waals surface area contributed by atoms with Gasteiger partial charge in [0.15, 0.2) is 0 Å². The summed E-state index contributed by atoms with van der Waals surface area (Å²) in [5, 5.41) is 4.65. The van der Waals surface area contributed by atoms with Crippen molar-refractivity contribution in [2.75, 3.05) is 20.1 Å². The average Bonchev–Trinajstić information content (AvgIpc) is 3.21. The number of hydrogen-bond donors (Lipinski definition) is 1. The van der Waals surface area contributed by atoms with E-state index in [-0.39, 0.29) is 36.8 Å². The second-order valence-electron chi connectivity index (χ2n) is 6.12. The van der Waals surface area contributed by atoms with Gasteiger partial charge in [0.25, 0.3) is 5.91 Å². The van der Waals surface area contributed by atoms with Gasteiger partial charge >= 0.3 is 0 Å². The van der Waals surface area contributed by atoms with Crippen molar-refractivity contribution in [1.82, 2.24) is 15.2 Å². The Hall–Kier alpha value is -1.05. The van der Waals surface area contributed by atoms with Gasteiger partial charge in [-0.05, 0) is 51.1 Å². The van der Waals surface area contributed by atoms with E-state index >= 15 is 0 Å². The monoisotopic (exact) mass is 451 g/mol. The third kappa shape index (κ3) is 5.96. The number of nitrogens with zero attached hydrogens (tertiary/aromatic N) is 2. The van der Waals surface area contributed by atoms with E-state index in [0.717, 1.165) is 47.3 Å². The molecule has 3 rings (SSSR count). The fraction of sp³-hybridized carbons (Fsp3) is 0.444. The number of aromatic nitrogens is 1. The average molecular weight is 453 g/mol. The number of nitrogens with one attached hydrogen (secondary N) is 1. The van der Waals surface area contributed by atoms with E-state index < -0.39 is 0 Å². The zero-order valence-electron chi connectivity index (χ0n) is 15.2. The van der Waals surface area contributed by atoms with E-state index in [1.54, 1.807) is 12.1 Å². The van der Waals surface area contributed by atoms with Crippen LogP contribution in [0.4, 0.5) is 0 Å². The van der Waals surface area contributed by atoms with Crippen LogP contribution in [0.1, 0.15) is 33.2 Å². The summed E-state index contributed by atoms with van der Waals surface area (Å²) in [6.45, 7) is 3.88. The zero-order valence-corrected chi connectivity index (χ0v) is 18.4. The zero-order chi connectivity index (χ0) is 17.8. The molecule has 150 valence electrons. The molecule has 2 heterocycles. The topological polar surface area (TPSA) is 54.5 Å². The minimum Gasteiger partial charge on any atom is -0.486 e. The number of aryl methyl sites for hydroxylation is 1. The van der Waals surface area contributed by atoms with Crippen LogP contribution >= 0.6 is 47.8 Å². The first-order valence-electron chi connectivity index (χ1n) is 8.38. The summed E-state index contributed by atoms with van der Waals surface area (Å²) in [6.07, 6.45) is 2.11. The Bertz CT molecular complexity index is 740. The van der Waals surface area contributed by atoms with Crippen molar-refractivity contribution in [3.05, 3.63) is 44.9 Å². The van der Waals surface area contributed by atoms with Crippen LogP contribution in [0, 0.1) is 6.92 Å². The quantitative estimate of drug-likeness (QED) is 0.708. The molecule has 1 unspecified atom stereocenters. The van der Waals surface area contributed by atoms with Crippen LogP contribution in [0.3, 0.4) is 0 Å². The highest BCUT2D eigenvalue weighted by Crippen LogP contribution is 2.26. The smallest absolute Gasteiger partial charge is 0.266 e. The van der Waals surface area contributed by atoms with Gasteiger partial charge in [-0.2, -0.15) is 0 Å². The van der Waals surface area contributed by atoms with Crippen molar-refractivity contribution in [3.8, 4) is 5.75 Å². The van der Waals surface area contributed by atoms with E-state index in [0.29, 0.717) is 11.6 Å². The number of rotatable bonds is 6. The SMILES string of the molecule is CNCC1CCCN1C(=O)c1sc(COc2ccc(Cl)cc2)nc1C.Cl.Cl. The maximum Gasteiger partial charge on any atom is 0.266 e. The number of halogens is 3. The van der Waals surface area contributed by atoms with Gasteiger partial charge in [0.05, 0.1) is 5.69 Å². The highest BCUT2D eigenvalue weighted by molar-refractivity contribution is 7.13. The van der Waals surface area contributed by atoms with Crippen molar-refractivity contribution >= 4 is 53.7 Å². The molecule has 1 atom stereocenters. The summed E-state index contributed by atoms with van der Waals surface area (Å²) >= 11 is 7.29. The number of carbonyl (C=O) groups is 1. The lowest BCUT2D eigenvalue weighted by atomic mass is 10.2. The lowest BCUT2D eigenvalue weighted by Crippen LogP contribution is -2.40. The first-order valence-corrected chi connectivity index (χ1v) is 9.58. The van der Waals surface area contributed by atoms with Crippen molar-refractivity contribution in [3.63, 3.8) is 0 Å². The molecular formula is C18H24Cl3N3O2S. The third-order valence-electron chi connectivity index (χ3n) is 4.29. The highest BCUT2D eigenvalue weighted by atomic mass is 35.5. The van der Waals surface area contributed by atoms with Crippen LogP contribution in [0.2, 0.25) is 5.02 Å². The third-order valence-corrected chi connectivity index (χ3v) is 5.66. The van der Waals surface area contributed by atoms with Crippen LogP contribution in [0.5, 0.6) is 5.75 Å². The maximum atomic E-state index is 12.9. The van der Waals surface area contributed by atoms with E-state index in [2.05, 4.69) is 10.3 Å². The summed E-state index contributed by atoms with van der Waals surface area (Å²) in [5.41, 5.74) is 0.778. The molecule has 1 N–H and O–H groups in total. The number of likely N-dealkylation sites (N-methyl/N-ethyl adjacent to an activating group) is 1. The Labute approximate surface area is 181 Å². The molecule has 0 aliphatic carbocycles. The fourth-order valence-corrected chi connectivity index (χ4v) is 4.13. The van der Waals surface area contributed by atoms with Gasteiger partial charge in [0.1, 0.15) is 22.2 Å². The Morgan fingerprint density at radius 1 is 1.37 bits per heavy atom. The molecule has 5 nitrogen and oxygen atoms in total. The molecule has 0 saturated carbocycles. The van der Waals surface area contributed by atoms with E-state index in [4.69, 9.17) is 16.3 Å². The van der Waals surface area contributed by atoms with Gasteiger partial charge in [-0.15, -0.1) is 36.2 Å². The molecule has 0 radical (unpaired) electrons. The predicted molar refractivity (Wildman–Crippen MR) is 115 cm³/mol. The van der Waals surface area contributed by atoms with Crippen LogP contribution < -0.4 is 10.1 Å². The molecule has 0 bridgehead atoms. The van der Waals surface area contributed by atoms with Gasteiger partial charge in [0, 0.05) is 24.2 Å². The standard InChI is InChI=1S/C18H22ClN3O2S.2ClH/c1-12-17(18(23)22-9-3-4-14(22)10-20-2)25-16(21-12)11-24-15-7-5-13(19)6-8-15;;/h5-8,14,20H,3-4,9-11H2,1-2H3;2*1H. The largest absolute Gasteiger partial charge is 0.486 e. The fourth-order valence-electron chi connectivity index (χ4n) is 3.07. The number of hydrogen-bond acceptors (Lipinski definition) is 5. The van der Waals surface area contributed by atoms with Crippen molar-refractivity contribution in [2.24, 2.45) is 0 Å². The first-order chi connectivity index (χ1) is 12.1. The molecule has 0 spiro atoms. The Morgan fingerprint density at radius 3 is 2.74 bits per heavy atom. The Balaban J connectivity index is 0.00000182. The number of carbonyl (C=O) groups excluding carboxylic acids is 1. The number of thiazole rings is 1. The summed E-state index contributed by atoms with van der Waals surface area (Å²) in [7, 11) is 1.92. The second-order valence-corrected chi connectivity index (χ2v) is 7.64. The molecule has 27 heavy (non-hydrogen) atoms. The molecule has 1 aliphatic heterocycles. The van der Waals surface area contributed by atoms with Crippen molar-refractivity contribution < 1.29 is 9.53 Å². The predicted octanol–water partition coefficient (Wildman–Crippen LogP) is 4.35. The molecule has 1 aliphatic rings. The number of ether oxygens (including phenoxy) is 1. The molecule has 2 aromatic rings. The first kappa shape index (κ1) is 24.0. The van der Waals surface area contributed by atoms with Gasteiger partial charge in [-0.1, -0.05) is 11.6 Å². The number of benzene rings is 1. The van der Waals surface area contributed by atoms with Gasteiger partial charge in [-0.3, -0.25) is 4.79 Å². The molecule has 1 amide bonds. The minimum absolute atomic E-state index is 0. The van der Waals surface area contributed by atoms with Gasteiger partial charge < -0.3 is 15.0 Å². The van der Waals surface area contributed by atoms with Crippen LogP contribution in [0.25, 0.3) is 0 Å². The van der Waals surface area contributed by atoms with Crippen molar-refractivity contribution in [1.29, 1.82) is 0 Å². The second kappa shape index (κ2) is 11.1. The van der Waals surface area contributed by atoms with E-state index in [1.165, 1.54) is 11.3 Å². The van der Waals surface area contributed by atoms with Gasteiger partial charge in [-0.25, -0.2) is 4.98 Å². The molecule has 1 saturated heterocycles. The van der Waals surface area contributed by atoms with Crippen molar-refractivity contribution in [2.45, 2.75) is 32.4 Å². The Kier molecular flexibility index (Phi) is 9.84. The number of amides is 1. The number of likely N-dealkylation sites (tertiary alicyclic amines) is 1. The normalized spacial score (nSPS) is 15.8.